The van der Waals surface area contributed by atoms with Gasteiger partial charge in [0, 0.05) is 37.6 Å². The average molecular weight is 233 g/mol. The fourth-order valence-electron chi connectivity index (χ4n) is 1.43. The van der Waals surface area contributed by atoms with Crippen LogP contribution in [0.4, 0.5) is 11.5 Å². The van der Waals surface area contributed by atoms with Crippen molar-refractivity contribution in [2.24, 2.45) is 7.05 Å². The van der Waals surface area contributed by atoms with Crippen molar-refractivity contribution in [1.29, 1.82) is 0 Å². The smallest absolute Gasteiger partial charge is 0.311 e. The maximum Gasteiger partial charge on any atom is 0.311 e. The molecule has 0 amide bonds. The van der Waals surface area contributed by atoms with Crippen molar-refractivity contribution in [3.63, 3.8) is 0 Å². The summed E-state index contributed by atoms with van der Waals surface area (Å²) in [4.78, 5) is 14.2. The molecule has 0 radical (unpaired) electrons. The highest BCUT2D eigenvalue weighted by Gasteiger charge is 2.13. The molecule has 0 atom stereocenters. The highest BCUT2D eigenvalue weighted by Crippen LogP contribution is 2.20. The standard InChI is InChI=1S/C10H11N5O2/c1-14-7-8(6-13-14)5-12-10-9(15(16)17)3-2-4-11-10/h2-4,6-7H,5H2,1H3,(H,11,12). The van der Waals surface area contributed by atoms with E-state index in [1.54, 1.807) is 10.9 Å². The second-order valence-electron chi connectivity index (χ2n) is 3.50. The van der Waals surface area contributed by atoms with Gasteiger partial charge in [-0.3, -0.25) is 14.8 Å². The summed E-state index contributed by atoms with van der Waals surface area (Å²) in [5.74, 6) is 0.265. The largest absolute Gasteiger partial charge is 0.360 e. The summed E-state index contributed by atoms with van der Waals surface area (Å²) in [6.07, 6.45) is 5.04. The third-order valence-electron chi connectivity index (χ3n) is 2.20. The van der Waals surface area contributed by atoms with Gasteiger partial charge < -0.3 is 5.32 Å². The third kappa shape index (κ3) is 2.57. The van der Waals surface area contributed by atoms with Gasteiger partial charge in [0.2, 0.25) is 5.82 Å². The number of pyridine rings is 1. The van der Waals surface area contributed by atoms with Gasteiger partial charge in [-0.25, -0.2) is 4.98 Å². The van der Waals surface area contributed by atoms with Gasteiger partial charge in [0.1, 0.15) is 0 Å². The molecule has 7 heteroatoms. The fraction of sp³-hybridized carbons (Fsp3) is 0.200. The van der Waals surface area contributed by atoms with E-state index < -0.39 is 4.92 Å². The maximum atomic E-state index is 10.7. The molecule has 2 heterocycles. The zero-order valence-electron chi connectivity index (χ0n) is 9.20. The first-order chi connectivity index (χ1) is 8.16. The average Bonchev–Trinajstić information content (AvgIpc) is 2.73. The van der Waals surface area contributed by atoms with Crippen molar-refractivity contribution in [3.05, 3.63) is 46.4 Å². The Morgan fingerprint density at radius 2 is 2.41 bits per heavy atom. The molecule has 17 heavy (non-hydrogen) atoms. The lowest BCUT2D eigenvalue weighted by molar-refractivity contribution is -0.384. The molecule has 7 nitrogen and oxygen atoms in total. The van der Waals surface area contributed by atoms with E-state index in [4.69, 9.17) is 0 Å². The molecule has 2 aromatic heterocycles. The Hall–Kier alpha value is -2.44. The number of nitrogens with one attached hydrogen (secondary N) is 1. The lowest BCUT2D eigenvalue weighted by atomic mass is 10.3. The van der Waals surface area contributed by atoms with Gasteiger partial charge in [-0.1, -0.05) is 0 Å². The summed E-state index contributed by atoms with van der Waals surface area (Å²) in [7, 11) is 1.81. The SMILES string of the molecule is Cn1cc(CNc2ncccc2[N+](=O)[O-])cn1. The highest BCUT2D eigenvalue weighted by molar-refractivity contribution is 5.55. The molecule has 0 spiro atoms. The number of anilines is 1. The van der Waals surface area contributed by atoms with Gasteiger partial charge in [0.25, 0.3) is 0 Å². The highest BCUT2D eigenvalue weighted by atomic mass is 16.6. The number of hydrogen-bond donors (Lipinski definition) is 1. The van der Waals surface area contributed by atoms with Crippen molar-refractivity contribution in [3.8, 4) is 0 Å². The van der Waals surface area contributed by atoms with E-state index in [1.807, 2.05) is 13.2 Å². The van der Waals surface area contributed by atoms with Gasteiger partial charge in [0.05, 0.1) is 11.1 Å². The molecule has 2 aromatic rings. The summed E-state index contributed by atoms with van der Waals surface area (Å²) in [5.41, 5.74) is 0.906. The normalized spacial score (nSPS) is 10.2. The minimum Gasteiger partial charge on any atom is -0.360 e. The molecule has 0 aliphatic heterocycles. The minimum atomic E-state index is -0.460. The Labute approximate surface area is 97.2 Å². The molecule has 0 fully saturated rings. The van der Waals surface area contributed by atoms with Crippen molar-refractivity contribution >= 4 is 11.5 Å². The monoisotopic (exact) mass is 233 g/mol. The van der Waals surface area contributed by atoms with Crippen LogP contribution in [0.5, 0.6) is 0 Å². The first kappa shape index (κ1) is 11.1. The quantitative estimate of drug-likeness (QED) is 0.636. The predicted molar refractivity (Wildman–Crippen MR) is 61.4 cm³/mol. The zero-order chi connectivity index (χ0) is 12.3. The molecule has 0 saturated carbocycles. The topological polar surface area (TPSA) is 85.9 Å². The number of aromatic nitrogens is 3. The molecular formula is C10H11N5O2. The molecule has 0 aliphatic carbocycles. The summed E-state index contributed by atoms with van der Waals surface area (Å²) >= 11 is 0. The van der Waals surface area contributed by atoms with Crippen molar-refractivity contribution < 1.29 is 4.92 Å². The first-order valence-corrected chi connectivity index (χ1v) is 4.97. The predicted octanol–water partition coefficient (Wildman–Crippen LogP) is 1.34. The number of nitro groups is 1. The summed E-state index contributed by atoms with van der Waals surface area (Å²) in [6.45, 7) is 0.450. The van der Waals surface area contributed by atoms with Crippen LogP contribution in [-0.4, -0.2) is 19.7 Å². The van der Waals surface area contributed by atoms with Gasteiger partial charge in [-0.05, 0) is 6.07 Å². The Bertz CT molecular complexity index is 537. The van der Waals surface area contributed by atoms with Gasteiger partial charge in [-0.15, -0.1) is 0 Å². The molecule has 0 unspecified atom stereocenters. The number of nitrogens with zero attached hydrogens (tertiary/aromatic N) is 4. The van der Waals surface area contributed by atoms with Crippen LogP contribution in [0, 0.1) is 10.1 Å². The van der Waals surface area contributed by atoms with Crippen molar-refractivity contribution in [2.75, 3.05) is 5.32 Å². The molecule has 0 aromatic carbocycles. The lowest BCUT2D eigenvalue weighted by Crippen LogP contribution is -2.03. The van der Waals surface area contributed by atoms with E-state index in [0.29, 0.717) is 6.54 Å². The third-order valence-corrected chi connectivity index (χ3v) is 2.20. The fourth-order valence-corrected chi connectivity index (χ4v) is 1.43. The van der Waals surface area contributed by atoms with Crippen LogP contribution < -0.4 is 5.32 Å². The van der Waals surface area contributed by atoms with Gasteiger partial charge >= 0.3 is 5.69 Å². The molecule has 0 saturated heterocycles. The molecule has 1 N–H and O–H groups in total. The lowest BCUT2D eigenvalue weighted by Gasteiger charge is -2.03. The van der Waals surface area contributed by atoms with E-state index in [1.165, 1.54) is 18.3 Å². The van der Waals surface area contributed by atoms with Crippen LogP contribution in [0.2, 0.25) is 0 Å². The van der Waals surface area contributed by atoms with E-state index in [9.17, 15) is 10.1 Å². The molecular weight excluding hydrogens is 222 g/mol. The molecule has 2 rings (SSSR count). The van der Waals surface area contributed by atoms with Crippen LogP contribution in [0.3, 0.4) is 0 Å². The first-order valence-electron chi connectivity index (χ1n) is 4.97. The van der Waals surface area contributed by atoms with E-state index in [-0.39, 0.29) is 11.5 Å². The van der Waals surface area contributed by atoms with Gasteiger partial charge in [0.15, 0.2) is 0 Å². The minimum absolute atomic E-state index is 0.0311. The van der Waals surface area contributed by atoms with E-state index in [2.05, 4.69) is 15.4 Å². The van der Waals surface area contributed by atoms with E-state index in [0.717, 1.165) is 5.56 Å². The van der Waals surface area contributed by atoms with Gasteiger partial charge in [-0.2, -0.15) is 5.10 Å². The molecule has 0 bridgehead atoms. The van der Waals surface area contributed by atoms with Crippen LogP contribution in [-0.2, 0) is 13.6 Å². The van der Waals surface area contributed by atoms with Crippen LogP contribution in [0.25, 0.3) is 0 Å². The van der Waals surface area contributed by atoms with Crippen molar-refractivity contribution in [1.82, 2.24) is 14.8 Å². The Balaban J connectivity index is 2.11. The zero-order valence-corrected chi connectivity index (χ0v) is 9.20. The van der Waals surface area contributed by atoms with Crippen LogP contribution in [0.1, 0.15) is 5.56 Å². The van der Waals surface area contributed by atoms with Crippen LogP contribution in [0.15, 0.2) is 30.7 Å². The maximum absolute atomic E-state index is 10.7. The Morgan fingerprint density at radius 3 is 3.06 bits per heavy atom. The summed E-state index contributed by atoms with van der Waals surface area (Å²) in [5, 5.41) is 17.7. The number of rotatable bonds is 4. The number of aryl methyl sites for hydroxylation is 1. The second kappa shape index (κ2) is 4.60. The Kier molecular flexibility index (Phi) is 2.99. The Morgan fingerprint density at radius 1 is 1.59 bits per heavy atom. The number of hydrogen-bond acceptors (Lipinski definition) is 5. The van der Waals surface area contributed by atoms with Crippen LogP contribution >= 0.6 is 0 Å². The molecule has 88 valence electrons. The summed E-state index contributed by atoms with van der Waals surface area (Å²) < 4.78 is 1.67. The summed E-state index contributed by atoms with van der Waals surface area (Å²) in [6, 6.07) is 2.95. The molecule has 0 aliphatic rings. The van der Waals surface area contributed by atoms with E-state index >= 15 is 0 Å². The van der Waals surface area contributed by atoms with Crippen molar-refractivity contribution in [2.45, 2.75) is 6.54 Å². The second-order valence-corrected chi connectivity index (χ2v) is 3.50.